The molecule has 1 heterocycles. The molecule has 0 aliphatic heterocycles. The summed E-state index contributed by atoms with van der Waals surface area (Å²) in [6.07, 6.45) is 4.81. The number of carboxylic acid groups (broad SMARTS) is 1. The molecule has 36 heavy (non-hydrogen) atoms. The number of rotatable bonds is 6. The van der Waals surface area contributed by atoms with Crippen molar-refractivity contribution in [2.75, 3.05) is 7.11 Å². The van der Waals surface area contributed by atoms with Gasteiger partial charge >= 0.3 is 5.97 Å². The molecule has 0 bridgehead atoms. The highest BCUT2D eigenvalue weighted by Gasteiger charge is 2.55. The number of aromatic nitrogens is 1. The molecule has 4 aromatic rings. The highest BCUT2D eigenvalue weighted by Crippen LogP contribution is 2.58. The maximum Gasteiger partial charge on any atom is 0.306 e. The highest BCUT2D eigenvalue weighted by molar-refractivity contribution is 6.06. The van der Waals surface area contributed by atoms with E-state index < -0.39 is 5.97 Å². The maximum absolute atomic E-state index is 14.7. The first-order chi connectivity index (χ1) is 17.3. The Kier molecular flexibility index (Phi) is 5.25. The Morgan fingerprint density at radius 3 is 2.56 bits per heavy atom. The molecule has 1 amide bonds. The van der Waals surface area contributed by atoms with Gasteiger partial charge in [-0.25, -0.2) is 4.39 Å². The molecule has 2 aliphatic rings. The van der Waals surface area contributed by atoms with Crippen molar-refractivity contribution in [2.24, 2.45) is 11.3 Å². The van der Waals surface area contributed by atoms with E-state index in [0.29, 0.717) is 35.9 Å². The summed E-state index contributed by atoms with van der Waals surface area (Å²) in [5.74, 6) is -0.760. The van der Waals surface area contributed by atoms with E-state index in [1.54, 1.807) is 19.2 Å². The number of nitrogens with zero attached hydrogens (tertiary/aromatic N) is 1. The molecule has 2 N–H and O–H groups in total. The summed E-state index contributed by atoms with van der Waals surface area (Å²) >= 11 is 0. The number of nitrogens with one attached hydrogen (secondary N) is 1. The van der Waals surface area contributed by atoms with E-state index in [-0.39, 0.29) is 29.1 Å². The van der Waals surface area contributed by atoms with Crippen molar-refractivity contribution in [3.8, 4) is 5.75 Å². The van der Waals surface area contributed by atoms with Crippen LogP contribution in [0, 0.1) is 17.2 Å². The third-order valence-electron chi connectivity index (χ3n) is 7.98. The number of hydrogen-bond donors (Lipinski definition) is 2. The van der Waals surface area contributed by atoms with Crippen molar-refractivity contribution in [3.05, 3.63) is 77.7 Å². The number of aliphatic carboxylic acids is 1. The van der Waals surface area contributed by atoms with Crippen molar-refractivity contribution < 1.29 is 23.8 Å². The average molecular weight is 487 g/mol. The number of amides is 1. The molecule has 2 saturated carbocycles. The normalized spacial score (nSPS) is 22.8. The van der Waals surface area contributed by atoms with Gasteiger partial charge in [0.2, 0.25) is 0 Å². The highest BCUT2D eigenvalue weighted by atomic mass is 19.1. The van der Waals surface area contributed by atoms with Crippen LogP contribution in [0.1, 0.15) is 41.6 Å². The lowest BCUT2D eigenvalue weighted by Crippen LogP contribution is -2.57. The fourth-order valence-corrected chi connectivity index (χ4v) is 6.15. The number of carboxylic acids is 1. The van der Waals surface area contributed by atoms with Gasteiger partial charge in [0.05, 0.1) is 24.1 Å². The van der Waals surface area contributed by atoms with E-state index in [1.807, 2.05) is 41.1 Å². The number of methoxy groups -OCH3 is 1. The number of carbonyl (C=O) groups excluding carboxylic acids is 1. The van der Waals surface area contributed by atoms with Crippen molar-refractivity contribution >= 4 is 33.6 Å². The van der Waals surface area contributed by atoms with E-state index in [1.165, 1.54) is 6.07 Å². The molecule has 184 valence electrons. The third kappa shape index (κ3) is 3.79. The van der Waals surface area contributed by atoms with Gasteiger partial charge in [-0.15, -0.1) is 0 Å². The topological polar surface area (TPSA) is 80.6 Å². The first-order valence-corrected chi connectivity index (χ1v) is 12.2. The second-order valence-corrected chi connectivity index (χ2v) is 10.4. The Morgan fingerprint density at radius 2 is 1.81 bits per heavy atom. The predicted molar refractivity (Wildman–Crippen MR) is 135 cm³/mol. The number of hydrogen-bond acceptors (Lipinski definition) is 3. The Morgan fingerprint density at radius 1 is 1.06 bits per heavy atom. The molecule has 0 unspecified atom stereocenters. The molecule has 0 radical (unpaired) electrons. The average Bonchev–Trinajstić information content (AvgIpc) is 3.23. The van der Waals surface area contributed by atoms with Gasteiger partial charge in [-0.05, 0) is 83.8 Å². The lowest BCUT2D eigenvalue weighted by molar-refractivity contribution is -0.155. The molecule has 2 aliphatic carbocycles. The van der Waals surface area contributed by atoms with Gasteiger partial charge in [-0.3, -0.25) is 9.59 Å². The first kappa shape index (κ1) is 22.6. The Hall–Kier alpha value is -3.87. The van der Waals surface area contributed by atoms with Gasteiger partial charge in [0.1, 0.15) is 11.6 Å². The zero-order valence-corrected chi connectivity index (χ0v) is 20.0. The number of benzene rings is 3. The number of ether oxygens (including phenoxy) is 1. The molecule has 6 rings (SSSR count). The second kappa shape index (κ2) is 8.36. The zero-order chi connectivity index (χ0) is 25.0. The van der Waals surface area contributed by atoms with Crippen LogP contribution in [0.3, 0.4) is 0 Å². The van der Waals surface area contributed by atoms with Gasteiger partial charge in [0, 0.05) is 24.2 Å². The zero-order valence-electron chi connectivity index (χ0n) is 20.0. The van der Waals surface area contributed by atoms with E-state index in [4.69, 9.17) is 9.84 Å². The summed E-state index contributed by atoms with van der Waals surface area (Å²) in [5.41, 5.74) is 2.13. The molecule has 6 nitrogen and oxygen atoms in total. The summed E-state index contributed by atoms with van der Waals surface area (Å²) in [6, 6.07) is 16.7. The number of halogens is 1. The van der Waals surface area contributed by atoms with Gasteiger partial charge in [0.25, 0.3) is 5.91 Å². The molecule has 1 spiro atoms. The second-order valence-electron chi connectivity index (χ2n) is 10.4. The lowest BCUT2D eigenvalue weighted by atomic mass is 9.50. The van der Waals surface area contributed by atoms with Crippen molar-refractivity contribution in [1.29, 1.82) is 0 Å². The van der Waals surface area contributed by atoms with Gasteiger partial charge in [-0.2, -0.15) is 0 Å². The first-order valence-electron chi connectivity index (χ1n) is 12.2. The van der Waals surface area contributed by atoms with Crippen LogP contribution in [0.4, 0.5) is 4.39 Å². The molecule has 0 saturated heterocycles. The molecule has 3 aromatic carbocycles. The van der Waals surface area contributed by atoms with E-state index in [0.717, 1.165) is 34.9 Å². The van der Waals surface area contributed by atoms with Gasteiger partial charge in [0.15, 0.2) is 0 Å². The molecular weight excluding hydrogens is 459 g/mol. The maximum atomic E-state index is 14.7. The van der Waals surface area contributed by atoms with E-state index in [2.05, 4.69) is 11.4 Å². The van der Waals surface area contributed by atoms with Crippen LogP contribution in [0.2, 0.25) is 0 Å². The minimum atomic E-state index is -0.728. The van der Waals surface area contributed by atoms with Crippen LogP contribution in [0.15, 0.2) is 60.8 Å². The van der Waals surface area contributed by atoms with Crippen LogP contribution in [-0.4, -0.2) is 34.7 Å². The SMILES string of the molecule is COc1ccc2cc(Cn3ccc4c(F)ccc(C(=O)NC5CC6(C5)CC(C(=O)O)C6)c43)ccc2c1. The number of fused-ring (bicyclic) bond motifs is 2. The van der Waals surface area contributed by atoms with Crippen LogP contribution in [-0.2, 0) is 11.3 Å². The summed E-state index contributed by atoms with van der Waals surface area (Å²) in [4.78, 5) is 24.4. The minimum Gasteiger partial charge on any atom is -0.497 e. The van der Waals surface area contributed by atoms with Crippen molar-refractivity contribution in [2.45, 2.75) is 38.3 Å². The van der Waals surface area contributed by atoms with Crippen molar-refractivity contribution in [1.82, 2.24) is 9.88 Å². The summed E-state index contributed by atoms with van der Waals surface area (Å²) in [6.45, 7) is 0.498. The van der Waals surface area contributed by atoms with E-state index in [9.17, 15) is 14.0 Å². The van der Waals surface area contributed by atoms with Crippen LogP contribution >= 0.6 is 0 Å². The Balaban J connectivity index is 1.23. The van der Waals surface area contributed by atoms with Crippen molar-refractivity contribution in [3.63, 3.8) is 0 Å². The molecule has 7 heteroatoms. The fourth-order valence-electron chi connectivity index (χ4n) is 6.15. The van der Waals surface area contributed by atoms with Gasteiger partial charge in [-0.1, -0.05) is 18.2 Å². The predicted octanol–water partition coefficient (Wildman–Crippen LogP) is 5.36. The third-order valence-corrected chi connectivity index (χ3v) is 7.98. The standard InChI is InChI=1S/C29H27FN2O4/c1-36-22-5-4-18-10-17(2-3-19(18)11-22)16-32-9-8-23-25(30)7-6-24(26(23)32)27(33)31-21-14-29(15-21)12-20(13-29)28(34)35/h2-11,20-21H,12-16H2,1H3,(H,31,33)(H,34,35). The van der Waals surface area contributed by atoms with Gasteiger partial charge < -0.3 is 19.7 Å². The smallest absolute Gasteiger partial charge is 0.306 e. The summed E-state index contributed by atoms with van der Waals surface area (Å²) in [7, 11) is 1.64. The Bertz CT molecular complexity index is 1510. The molecule has 1 aromatic heterocycles. The van der Waals surface area contributed by atoms with Crippen LogP contribution in [0.25, 0.3) is 21.7 Å². The van der Waals surface area contributed by atoms with E-state index >= 15 is 0 Å². The Labute approximate surface area is 207 Å². The molecular formula is C29H27FN2O4. The number of carbonyl (C=O) groups is 2. The quantitative estimate of drug-likeness (QED) is 0.384. The minimum absolute atomic E-state index is 0.0215. The monoisotopic (exact) mass is 486 g/mol. The summed E-state index contributed by atoms with van der Waals surface area (Å²) < 4.78 is 21.9. The summed E-state index contributed by atoms with van der Waals surface area (Å²) in [5, 5.41) is 14.8. The molecule has 2 fully saturated rings. The van der Waals surface area contributed by atoms with Crippen LogP contribution < -0.4 is 10.1 Å². The molecule has 0 atom stereocenters. The van der Waals surface area contributed by atoms with Crippen LogP contribution in [0.5, 0.6) is 5.75 Å². The fraction of sp³-hybridized carbons (Fsp3) is 0.310. The lowest BCUT2D eigenvalue weighted by Gasteiger charge is -2.56. The largest absolute Gasteiger partial charge is 0.497 e.